The third kappa shape index (κ3) is 3.64. The molecule has 1 aliphatic rings. The molecule has 0 aromatic rings. The van der Waals surface area contributed by atoms with Gasteiger partial charge in [-0.25, -0.2) is 4.79 Å². The van der Waals surface area contributed by atoms with E-state index >= 15 is 0 Å². The number of carbonyl (C=O) groups excluding carboxylic acids is 1. The lowest BCUT2D eigenvalue weighted by molar-refractivity contribution is 0.0433. The third-order valence-electron chi connectivity index (χ3n) is 3.10. The predicted octanol–water partition coefficient (Wildman–Crippen LogP) is 0.578. The largest absolute Gasteiger partial charge is 0.395 e. The lowest BCUT2D eigenvalue weighted by Gasteiger charge is -2.32. The molecule has 0 heterocycles. The third-order valence-corrected chi connectivity index (χ3v) is 3.10. The number of nitrogens with zero attached hydrogens (tertiary/aromatic N) is 1. The van der Waals surface area contributed by atoms with E-state index in [0.29, 0.717) is 6.54 Å². The molecule has 0 aliphatic heterocycles. The van der Waals surface area contributed by atoms with Crippen molar-refractivity contribution < 1.29 is 14.6 Å². The summed E-state index contributed by atoms with van der Waals surface area (Å²) in [5.74, 6) is 0. The van der Waals surface area contributed by atoms with Gasteiger partial charge in [-0.1, -0.05) is 12.8 Å². The van der Waals surface area contributed by atoms with Crippen LogP contribution in [0, 0.1) is 0 Å². The van der Waals surface area contributed by atoms with Gasteiger partial charge in [0.05, 0.1) is 18.8 Å². The highest BCUT2D eigenvalue weighted by Crippen LogP contribution is 2.20. The van der Waals surface area contributed by atoms with Crippen molar-refractivity contribution in [1.82, 2.24) is 10.2 Å². The van der Waals surface area contributed by atoms with Crippen molar-refractivity contribution in [3.05, 3.63) is 0 Å². The average Bonchev–Trinajstić information content (AvgIpc) is 2.30. The zero-order valence-electron chi connectivity index (χ0n) is 10.1. The number of hydrogen-bond acceptors (Lipinski definition) is 3. The molecular formula is C11H22N2O3. The van der Waals surface area contributed by atoms with E-state index in [1.807, 2.05) is 0 Å². The number of amides is 2. The van der Waals surface area contributed by atoms with Crippen LogP contribution in [0.1, 0.15) is 25.7 Å². The molecule has 16 heavy (non-hydrogen) atoms. The smallest absolute Gasteiger partial charge is 0.317 e. The Morgan fingerprint density at radius 1 is 1.50 bits per heavy atom. The summed E-state index contributed by atoms with van der Waals surface area (Å²) in [5, 5.41) is 11.7. The first-order valence-electron chi connectivity index (χ1n) is 5.84. The topological polar surface area (TPSA) is 61.8 Å². The van der Waals surface area contributed by atoms with Gasteiger partial charge in [-0.05, 0) is 12.8 Å². The van der Waals surface area contributed by atoms with Gasteiger partial charge in [-0.15, -0.1) is 0 Å². The van der Waals surface area contributed by atoms with E-state index in [-0.39, 0.29) is 24.8 Å². The van der Waals surface area contributed by atoms with Crippen molar-refractivity contribution in [3.8, 4) is 0 Å². The molecule has 0 aromatic carbocycles. The Morgan fingerprint density at radius 3 is 2.81 bits per heavy atom. The lowest BCUT2D eigenvalue weighted by atomic mass is 9.92. The minimum Gasteiger partial charge on any atom is -0.395 e. The van der Waals surface area contributed by atoms with E-state index in [2.05, 4.69) is 5.32 Å². The summed E-state index contributed by atoms with van der Waals surface area (Å²) in [6.07, 6.45) is 4.40. The van der Waals surface area contributed by atoms with Crippen LogP contribution in [-0.2, 0) is 4.74 Å². The number of nitrogens with one attached hydrogen (secondary N) is 1. The van der Waals surface area contributed by atoms with Crippen molar-refractivity contribution in [3.63, 3.8) is 0 Å². The zero-order valence-corrected chi connectivity index (χ0v) is 10.1. The van der Waals surface area contributed by atoms with E-state index in [1.165, 1.54) is 4.90 Å². The van der Waals surface area contributed by atoms with Crippen LogP contribution in [0.2, 0.25) is 0 Å². The Balaban J connectivity index is 2.41. The van der Waals surface area contributed by atoms with Crippen LogP contribution < -0.4 is 5.32 Å². The minimum atomic E-state index is -0.136. The van der Waals surface area contributed by atoms with Crippen LogP contribution >= 0.6 is 0 Å². The van der Waals surface area contributed by atoms with Gasteiger partial charge in [-0.2, -0.15) is 0 Å². The fraction of sp³-hybridized carbons (Fsp3) is 0.909. The number of carbonyl (C=O) groups is 1. The first kappa shape index (κ1) is 13.3. The predicted molar refractivity (Wildman–Crippen MR) is 61.3 cm³/mol. The Morgan fingerprint density at radius 2 is 2.19 bits per heavy atom. The summed E-state index contributed by atoms with van der Waals surface area (Å²) in [6.45, 7) is 0.346. The number of aliphatic hydroxyl groups excluding tert-OH is 1. The molecule has 2 atom stereocenters. The van der Waals surface area contributed by atoms with Crippen LogP contribution in [-0.4, -0.2) is 55.5 Å². The van der Waals surface area contributed by atoms with Crippen LogP contribution in [0.4, 0.5) is 4.79 Å². The number of likely N-dealkylation sites (N-methyl/N-ethyl adjacent to an activating group) is 1. The summed E-state index contributed by atoms with van der Waals surface area (Å²) in [4.78, 5) is 13.2. The quantitative estimate of drug-likeness (QED) is 0.742. The highest BCUT2D eigenvalue weighted by molar-refractivity contribution is 5.74. The Hall–Kier alpha value is -0.810. The van der Waals surface area contributed by atoms with Gasteiger partial charge in [0.15, 0.2) is 0 Å². The Bertz CT molecular complexity index is 223. The normalized spacial score (nSPS) is 25.2. The van der Waals surface area contributed by atoms with Crippen molar-refractivity contribution in [2.45, 2.75) is 37.8 Å². The molecule has 0 bridgehead atoms. The molecule has 1 saturated carbocycles. The van der Waals surface area contributed by atoms with Crippen LogP contribution in [0.3, 0.4) is 0 Å². The standard InChI is InChI=1S/C11H22N2O3/c1-13(7-8-14)11(15)12-9-5-3-4-6-10(9)16-2/h9-10,14H,3-8H2,1-2H3,(H,12,15). The summed E-state index contributed by atoms with van der Waals surface area (Å²) < 4.78 is 5.36. The van der Waals surface area contributed by atoms with E-state index in [4.69, 9.17) is 9.84 Å². The zero-order chi connectivity index (χ0) is 12.0. The molecule has 1 aliphatic carbocycles. The highest BCUT2D eigenvalue weighted by atomic mass is 16.5. The fourth-order valence-corrected chi connectivity index (χ4v) is 2.06. The van der Waals surface area contributed by atoms with Crippen molar-refractivity contribution >= 4 is 6.03 Å². The molecule has 0 spiro atoms. The molecule has 1 fully saturated rings. The second kappa shape index (κ2) is 6.70. The average molecular weight is 230 g/mol. The maximum Gasteiger partial charge on any atom is 0.317 e. The van der Waals surface area contributed by atoms with Gasteiger partial charge < -0.3 is 20.1 Å². The number of ether oxygens (including phenoxy) is 1. The molecule has 5 heteroatoms. The van der Waals surface area contributed by atoms with Gasteiger partial charge in [-0.3, -0.25) is 0 Å². The summed E-state index contributed by atoms with van der Waals surface area (Å²) >= 11 is 0. The second-order valence-corrected chi connectivity index (χ2v) is 4.26. The second-order valence-electron chi connectivity index (χ2n) is 4.26. The first-order valence-corrected chi connectivity index (χ1v) is 5.84. The van der Waals surface area contributed by atoms with Crippen molar-refractivity contribution in [2.75, 3.05) is 27.3 Å². The van der Waals surface area contributed by atoms with Gasteiger partial charge >= 0.3 is 6.03 Å². The molecule has 2 unspecified atom stereocenters. The van der Waals surface area contributed by atoms with Crippen LogP contribution in [0.15, 0.2) is 0 Å². The number of methoxy groups -OCH3 is 1. The Kier molecular flexibility index (Phi) is 5.55. The van der Waals surface area contributed by atoms with Gasteiger partial charge in [0.1, 0.15) is 0 Å². The number of rotatable bonds is 4. The molecular weight excluding hydrogens is 208 g/mol. The molecule has 2 N–H and O–H groups in total. The van der Waals surface area contributed by atoms with Gasteiger partial charge in [0.25, 0.3) is 0 Å². The number of urea groups is 1. The molecule has 0 radical (unpaired) electrons. The van der Waals surface area contributed by atoms with E-state index < -0.39 is 0 Å². The van der Waals surface area contributed by atoms with Crippen molar-refractivity contribution in [1.29, 1.82) is 0 Å². The molecule has 1 rings (SSSR count). The first-order chi connectivity index (χ1) is 7.69. The lowest BCUT2D eigenvalue weighted by Crippen LogP contribution is -2.50. The molecule has 2 amide bonds. The van der Waals surface area contributed by atoms with Gasteiger partial charge in [0, 0.05) is 20.7 Å². The molecule has 94 valence electrons. The van der Waals surface area contributed by atoms with Crippen molar-refractivity contribution in [2.24, 2.45) is 0 Å². The maximum atomic E-state index is 11.7. The van der Waals surface area contributed by atoms with E-state index in [1.54, 1.807) is 14.2 Å². The SMILES string of the molecule is COC1CCCCC1NC(=O)N(C)CCO. The number of aliphatic hydroxyl groups is 1. The van der Waals surface area contributed by atoms with Crippen LogP contribution in [0.25, 0.3) is 0 Å². The minimum absolute atomic E-state index is 0.0116. The molecule has 5 nitrogen and oxygen atoms in total. The highest BCUT2D eigenvalue weighted by Gasteiger charge is 2.26. The monoisotopic (exact) mass is 230 g/mol. The van der Waals surface area contributed by atoms with E-state index in [9.17, 15) is 4.79 Å². The summed E-state index contributed by atoms with van der Waals surface area (Å²) in [7, 11) is 3.36. The fourth-order valence-electron chi connectivity index (χ4n) is 2.06. The number of hydrogen-bond donors (Lipinski definition) is 2. The van der Waals surface area contributed by atoms with Gasteiger partial charge in [0.2, 0.25) is 0 Å². The summed E-state index contributed by atoms with van der Waals surface area (Å²) in [6, 6.07) is -0.0320. The maximum absolute atomic E-state index is 11.7. The van der Waals surface area contributed by atoms with Crippen LogP contribution in [0.5, 0.6) is 0 Å². The summed E-state index contributed by atoms with van der Waals surface area (Å²) in [5.41, 5.74) is 0. The molecule has 0 aromatic heterocycles. The Labute approximate surface area is 96.8 Å². The molecule has 0 saturated heterocycles. The van der Waals surface area contributed by atoms with E-state index in [0.717, 1.165) is 25.7 Å².